The zero-order valence-corrected chi connectivity index (χ0v) is 19.8. The number of hydrogen-bond donors (Lipinski definition) is 0. The molecule has 5 rings (SSSR count). The molecule has 1 saturated heterocycles. The second-order valence-electron chi connectivity index (χ2n) is 9.42. The number of rotatable bonds is 6. The van der Waals surface area contributed by atoms with E-state index in [1.165, 1.54) is 0 Å². The molecule has 33 heavy (non-hydrogen) atoms. The molecule has 1 amide bonds. The normalized spacial score (nSPS) is 17.6. The monoisotopic (exact) mass is 447 g/mol. The lowest BCUT2D eigenvalue weighted by atomic mass is 10.1. The molecule has 2 aliphatic heterocycles. The number of nitrogens with zero attached hydrogens (tertiary/aromatic N) is 3. The fraction of sp³-hybridized carbons (Fsp3) is 0.444. The number of carbonyl (C=O) groups excluding carboxylic acids is 1. The summed E-state index contributed by atoms with van der Waals surface area (Å²) in [6.07, 6.45) is 2.37. The van der Waals surface area contributed by atoms with Gasteiger partial charge in [0.2, 0.25) is 0 Å². The van der Waals surface area contributed by atoms with Crippen LogP contribution in [0, 0.1) is 0 Å². The quantitative estimate of drug-likeness (QED) is 0.556. The molecule has 0 saturated carbocycles. The van der Waals surface area contributed by atoms with Gasteiger partial charge >= 0.3 is 0 Å². The van der Waals surface area contributed by atoms with Crippen molar-refractivity contribution in [3.8, 4) is 11.5 Å². The number of piperidine rings is 1. The van der Waals surface area contributed by atoms with E-state index in [9.17, 15) is 4.79 Å². The maximum atomic E-state index is 13.2. The topological polar surface area (TPSA) is 46.9 Å². The van der Waals surface area contributed by atoms with E-state index in [0.29, 0.717) is 19.1 Å². The van der Waals surface area contributed by atoms with Gasteiger partial charge in [-0.3, -0.25) is 4.79 Å². The first kappa shape index (κ1) is 21.8. The summed E-state index contributed by atoms with van der Waals surface area (Å²) in [5.74, 6) is 1.81. The van der Waals surface area contributed by atoms with Crippen molar-refractivity contribution in [2.24, 2.45) is 0 Å². The molecule has 2 aliphatic rings. The first-order chi connectivity index (χ1) is 16.0. The zero-order chi connectivity index (χ0) is 22.9. The van der Waals surface area contributed by atoms with E-state index >= 15 is 0 Å². The van der Waals surface area contributed by atoms with E-state index in [1.54, 1.807) is 7.11 Å². The molecule has 174 valence electrons. The van der Waals surface area contributed by atoms with Crippen molar-refractivity contribution in [3.63, 3.8) is 0 Å². The Morgan fingerprint density at radius 1 is 0.939 bits per heavy atom. The summed E-state index contributed by atoms with van der Waals surface area (Å²) in [5, 5.41) is 1.07. The minimum absolute atomic E-state index is 0.0804. The van der Waals surface area contributed by atoms with Crippen LogP contribution in [0.1, 0.15) is 42.7 Å². The molecule has 0 bridgehead atoms. The van der Waals surface area contributed by atoms with E-state index in [-0.39, 0.29) is 12.0 Å². The molecule has 6 nitrogen and oxygen atoms in total. The molecular weight excluding hydrogens is 414 g/mol. The molecule has 2 aromatic carbocycles. The Kier molecular flexibility index (Phi) is 6.02. The molecule has 0 radical (unpaired) electrons. The number of carbonyl (C=O) groups is 1. The van der Waals surface area contributed by atoms with E-state index in [4.69, 9.17) is 9.47 Å². The molecule has 0 spiro atoms. The number of ether oxygens (including phenoxy) is 2. The molecule has 0 N–H and O–H groups in total. The van der Waals surface area contributed by atoms with Crippen LogP contribution in [-0.2, 0) is 13.1 Å². The summed E-state index contributed by atoms with van der Waals surface area (Å²) in [5.41, 5.74) is 2.96. The number of benzene rings is 2. The van der Waals surface area contributed by atoms with Gasteiger partial charge in [0, 0.05) is 49.7 Å². The lowest BCUT2D eigenvalue weighted by Gasteiger charge is -2.34. The summed E-state index contributed by atoms with van der Waals surface area (Å²) in [7, 11) is 1.66. The van der Waals surface area contributed by atoms with Gasteiger partial charge in [0.05, 0.1) is 7.11 Å². The molecule has 6 heteroatoms. The third-order valence-corrected chi connectivity index (χ3v) is 7.01. The third-order valence-electron chi connectivity index (χ3n) is 7.01. The van der Waals surface area contributed by atoms with Crippen molar-refractivity contribution in [2.45, 2.75) is 51.9 Å². The number of fused-ring (bicyclic) bond motifs is 3. The predicted octanol–water partition coefficient (Wildman–Crippen LogP) is 4.56. The lowest BCUT2D eigenvalue weighted by Crippen LogP contribution is -2.41. The van der Waals surface area contributed by atoms with Crippen LogP contribution in [0.25, 0.3) is 10.9 Å². The van der Waals surface area contributed by atoms with Crippen LogP contribution < -0.4 is 9.47 Å². The minimum atomic E-state index is 0.0804. The minimum Gasteiger partial charge on any atom is -0.497 e. The van der Waals surface area contributed by atoms with Gasteiger partial charge in [0.15, 0.2) is 0 Å². The van der Waals surface area contributed by atoms with Crippen molar-refractivity contribution in [1.82, 2.24) is 14.4 Å². The average Bonchev–Trinajstić information content (AvgIpc) is 3.20. The Morgan fingerprint density at radius 3 is 2.36 bits per heavy atom. The SMILES string of the molecule is COc1ccc(CN2CCn3c(cc4cc(OC5CCN(C(C)C)CC5)ccc43)C2=O)cc1. The number of hydrogen-bond acceptors (Lipinski definition) is 4. The molecule has 0 unspecified atom stereocenters. The number of methoxy groups -OCH3 is 1. The highest BCUT2D eigenvalue weighted by Crippen LogP contribution is 2.29. The molecular formula is C27H33N3O3. The van der Waals surface area contributed by atoms with Gasteiger partial charge in [-0.05, 0) is 68.7 Å². The van der Waals surface area contributed by atoms with E-state index < -0.39 is 0 Å². The Hall–Kier alpha value is -2.99. The fourth-order valence-electron chi connectivity index (χ4n) is 5.03. The van der Waals surface area contributed by atoms with Crippen LogP contribution >= 0.6 is 0 Å². The van der Waals surface area contributed by atoms with Gasteiger partial charge in [-0.1, -0.05) is 12.1 Å². The Labute approximate surface area is 195 Å². The zero-order valence-electron chi connectivity index (χ0n) is 19.8. The van der Waals surface area contributed by atoms with E-state index in [0.717, 1.165) is 66.1 Å². The standard InChI is InChI=1S/C27H33N3O3/c1-19(2)28-12-10-23(11-13-28)33-24-8-9-25-21(16-24)17-26-27(31)29(14-15-30(25)26)18-20-4-6-22(32-3)7-5-20/h4-9,16-17,19,23H,10-15,18H2,1-3H3. The highest BCUT2D eigenvalue weighted by molar-refractivity contribution is 5.99. The highest BCUT2D eigenvalue weighted by Gasteiger charge is 2.27. The Balaban J connectivity index is 1.29. The van der Waals surface area contributed by atoms with Gasteiger partial charge in [-0.25, -0.2) is 0 Å². The average molecular weight is 448 g/mol. The van der Waals surface area contributed by atoms with Crippen LogP contribution in [0.3, 0.4) is 0 Å². The first-order valence-corrected chi connectivity index (χ1v) is 12.0. The lowest BCUT2D eigenvalue weighted by molar-refractivity contribution is 0.0693. The Morgan fingerprint density at radius 2 is 1.67 bits per heavy atom. The van der Waals surface area contributed by atoms with Crippen molar-refractivity contribution in [2.75, 3.05) is 26.7 Å². The second-order valence-corrected chi connectivity index (χ2v) is 9.42. The van der Waals surface area contributed by atoms with Gasteiger partial charge < -0.3 is 23.8 Å². The van der Waals surface area contributed by atoms with Crippen molar-refractivity contribution in [3.05, 3.63) is 59.8 Å². The maximum absolute atomic E-state index is 13.2. The van der Waals surface area contributed by atoms with Crippen LogP contribution in [0.15, 0.2) is 48.5 Å². The van der Waals surface area contributed by atoms with Crippen molar-refractivity contribution >= 4 is 16.8 Å². The summed E-state index contributed by atoms with van der Waals surface area (Å²) in [6.45, 7) is 8.79. The van der Waals surface area contributed by atoms with Gasteiger partial charge in [0.25, 0.3) is 5.91 Å². The summed E-state index contributed by atoms with van der Waals surface area (Å²) in [6, 6.07) is 16.8. The van der Waals surface area contributed by atoms with Crippen LogP contribution in [-0.4, -0.2) is 59.2 Å². The Bertz CT molecular complexity index is 1130. The summed E-state index contributed by atoms with van der Waals surface area (Å²) < 4.78 is 13.7. The molecule has 0 atom stereocenters. The van der Waals surface area contributed by atoms with E-state index in [1.807, 2.05) is 35.2 Å². The first-order valence-electron chi connectivity index (χ1n) is 12.0. The van der Waals surface area contributed by atoms with Gasteiger partial charge in [-0.15, -0.1) is 0 Å². The van der Waals surface area contributed by atoms with Crippen molar-refractivity contribution in [1.29, 1.82) is 0 Å². The van der Waals surface area contributed by atoms with Crippen molar-refractivity contribution < 1.29 is 14.3 Å². The highest BCUT2D eigenvalue weighted by atomic mass is 16.5. The van der Waals surface area contributed by atoms with Crippen LogP contribution in [0.4, 0.5) is 0 Å². The second kappa shape index (κ2) is 9.10. The van der Waals surface area contributed by atoms with E-state index in [2.05, 4.69) is 41.5 Å². The molecule has 1 fully saturated rings. The maximum Gasteiger partial charge on any atom is 0.270 e. The van der Waals surface area contributed by atoms with Gasteiger partial charge in [0.1, 0.15) is 23.3 Å². The summed E-state index contributed by atoms with van der Waals surface area (Å²) >= 11 is 0. The number of amides is 1. The smallest absolute Gasteiger partial charge is 0.270 e. The number of likely N-dealkylation sites (tertiary alicyclic amines) is 1. The van der Waals surface area contributed by atoms with Gasteiger partial charge in [-0.2, -0.15) is 0 Å². The molecule has 3 aromatic rings. The largest absolute Gasteiger partial charge is 0.497 e. The molecule has 3 heterocycles. The number of aromatic nitrogens is 1. The molecule has 1 aromatic heterocycles. The fourth-order valence-corrected chi connectivity index (χ4v) is 5.03. The van der Waals surface area contributed by atoms with Crippen LogP contribution in [0.5, 0.6) is 11.5 Å². The van der Waals surface area contributed by atoms with Crippen LogP contribution in [0.2, 0.25) is 0 Å². The summed E-state index contributed by atoms with van der Waals surface area (Å²) in [4.78, 5) is 17.7. The predicted molar refractivity (Wildman–Crippen MR) is 130 cm³/mol. The third kappa shape index (κ3) is 4.44. The molecule has 0 aliphatic carbocycles.